The van der Waals surface area contributed by atoms with E-state index >= 15 is 0 Å². The Bertz CT molecular complexity index is 611. The van der Waals surface area contributed by atoms with Crippen molar-refractivity contribution in [1.29, 1.82) is 0 Å². The fraction of sp³-hybridized carbons (Fsp3) is 0.650. The molecule has 0 bridgehead atoms. The molecule has 0 aliphatic carbocycles. The molecule has 150 valence electrons. The van der Waals surface area contributed by atoms with E-state index < -0.39 is 11.6 Å². The molecule has 1 unspecified atom stereocenters. The first kappa shape index (κ1) is 19.9. The Hall–Kier alpha value is -1.89. The van der Waals surface area contributed by atoms with Gasteiger partial charge in [0, 0.05) is 32.2 Å². The van der Waals surface area contributed by atoms with Crippen LogP contribution in [-0.4, -0.2) is 62.7 Å². The lowest BCUT2D eigenvalue weighted by Gasteiger charge is -2.21. The number of nitrogens with one attached hydrogen (secondary N) is 2. The van der Waals surface area contributed by atoms with Crippen LogP contribution in [0.5, 0.6) is 0 Å². The minimum atomic E-state index is -0.502. The van der Waals surface area contributed by atoms with Gasteiger partial charge in [0.25, 0.3) is 0 Å². The van der Waals surface area contributed by atoms with Crippen LogP contribution in [0.3, 0.4) is 0 Å². The molecule has 2 N–H and O–H groups in total. The molecule has 0 radical (unpaired) electrons. The van der Waals surface area contributed by atoms with Crippen LogP contribution < -0.4 is 15.5 Å². The van der Waals surface area contributed by atoms with Crippen LogP contribution in [-0.2, 0) is 0 Å². The van der Waals surface area contributed by atoms with Crippen LogP contribution in [0.1, 0.15) is 32.6 Å². The van der Waals surface area contributed by atoms with E-state index in [4.69, 9.17) is 0 Å². The number of aliphatic imine (C=N–C) groups is 1. The van der Waals surface area contributed by atoms with E-state index in [0.29, 0.717) is 13.1 Å². The fourth-order valence-electron chi connectivity index (χ4n) is 3.88. The third-order valence-electron chi connectivity index (χ3n) is 5.23. The molecular formula is C20H31F2N5. The van der Waals surface area contributed by atoms with Gasteiger partial charge < -0.3 is 20.4 Å². The monoisotopic (exact) mass is 379 g/mol. The second kappa shape index (κ2) is 9.88. The molecular weight excluding hydrogens is 348 g/mol. The standard InChI is InChI=1S/C20H31F2N5/c1-2-23-20(24-10-6-13-26-11-3-4-12-26)25-16-9-14-27(15-16)19-17(21)7-5-8-18(19)22/h5,7-8,16H,2-4,6,9-15H2,1H3,(H2,23,24,25). The Labute approximate surface area is 160 Å². The SMILES string of the molecule is CCNC(=NCCCN1CCCC1)NC1CCN(c2c(F)cccc2F)C1. The van der Waals surface area contributed by atoms with Crippen molar-refractivity contribution in [3.63, 3.8) is 0 Å². The lowest BCUT2D eigenvalue weighted by atomic mass is 10.2. The molecule has 1 atom stereocenters. The van der Waals surface area contributed by atoms with Crippen molar-refractivity contribution in [1.82, 2.24) is 15.5 Å². The number of benzene rings is 1. The topological polar surface area (TPSA) is 42.9 Å². The number of para-hydroxylation sites is 1. The first-order chi connectivity index (χ1) is 13.2. The molecule has 5 nitrogen and oxygen atoms in total. The fourth-order valence-corrected chi connectivity index (χ4v) is 3.88. The predicted molar refractivity (Wildman–Crippen MR) is 106 cm³/mol. The molecule has 0 aromatic heterocycles. The highest BCUT2D eigenvalue weighted by molar-refractivity contribution is 5.80. The van der Waals surface area contributed by atoms with Crippen LogP contribution in [0, 0.1) is 11.6 Å². The van der Waals surface area contributed by atoms with Gasteiger partial charge in [0.2, 0.25) is 0 Å². The molecule has 2 aliphatic heterocycles. The molecule has 0 saturated carbocycles. The van der Waals surface area contributed by atoms with Crippen LogP contribution in [0.4, 0.5) is 14.5 Å². The summed E-state index contributed by atoms with van der Waals surface area (Å²) in [5.41, 5.74) is 0.0781. The van der Waals surface area contributed by atoms with Gasteiger partial charge in [-0.15, -0.1) is 0 Å². The molecule has 27 heavy (non-hydrogen) atoms. The van der Waals surface area contributed by atoms with E-state index in [-0.39, 0.29) is 11.7 Å². The van der Waals surface area contributed by atoms with Gasteiger partial charge in [-0.3, -0.25) is 4.99 Å². The largest absolute Gasteiger partial charge is 0.365 e. The highest BCUT2D eigenvalue weighted by atomic mass is 19.1. The van der Waals surface area contributed by atoms with Crippen LogP contribution in [0.2, 0.25) is 0 Å². The molecule has 3 rings (SSSR count). The van der Waals surface area contributed by atoms with Crippen LogP contribution in [0.25, 0.3) is 0 Å². The van der Waals surface area contributed by atoms with Gasteiger partial charge in [0.1, 0.15) is 17.3 Å². The maximum Gasteiger partial charge on any atom is 0.191 e. The average Bonchev–Trinajstić information content (AvgIpc) is 3.31. The Kier molecular flexibility index (Phi) is 7.26. The van der Waals surface area contributed by atoms with Crippen molar-refractivity contribution in [2.24, 2.45) is 4.99 Å². The Morgan fingerprint density at radius 2 is 1.93 bits per heavy atom. The molecule has 2 saturated heterocycles. The van der Waals surface area contributed by atoms with Crippen molar-refractivity contribution in [2.45, 2.75) is 38.6 Å². The molecule has 0 amide bonds. The number of rotatable bonds is 7. The molecule has 2 fully saturated rings. The van der Waals surface area contributed by atoms with E-state index in [9.17, 15) is 8.78 Å². The van der Waals surface area contributed by atoms with Crippen molar-refractivity contribution < 1.29 is 8.78 Å². The lowest BCUT2D eigenvalue weighted by Crippen LogP contribution is -2.44. The number of hydrogen-bond acceptors (Lipinski definition) is 3. The highest BCUT2D eigenvalue weighted by Gasteiger charge is 2.27. The number of likely N-dealkylation sites (tertiary alicyclic amines) is 1. The summed E-state index contributed by atoms with van der Waals surface area (Å²) in [5.74, 6) is -0.212. The summed E-state index contributed by atoms with van der Waals surface area (Å²) in [6, 6.07) is 4.15. The first-order valence-corrected chi connectivity index (χ1v) is 10.1. The van der Waals surface area contributed by atoms with Gasteiger partial charge in [-0.25, -0.2) is 8.78 Å². The van der Waals surface area contributed by atoms with E-state index in [1.165, 1.54) is 44.1 Å². The van der Waals surface area contributed by atoms with Gasteiger partial charge in [-0.2, -0.15) is 0 Å². The molecule has 2 aliphatic rings. The van der Waals surface area contributed by atoms with Gasteiger partial charge in [-0.1, -0.05) is 6.07 Å². The van der Waals surface area contributed by atoms with E-state index in [1.54, 1.807) is 4.90 Å². The molecule has 0 spiro atoms. The summed E-state index contributed by atoms with van der Waals surface area (Å²) in [6.07, 6.45) is 4.50. The maximum atomic E-state index is 14.0. The number of halogens is 2. The summed E-state index contributed by atoms with van der Waals surface area (Å²) in [6.45, 7) is 8.34. The Morgan fingerprint density at radius 3 is 2.63 bits per heavy atom. The number of hydrogen-bond donors (Lipinski definition) is 2. The zero-order valence-corrected chi connectivity index (χ0v) is 16.2. The Balaban J connectivity index is 1.50. The highest BCUT2D eigenvalue weighted by Crippen LogP contribution is 2.26. The zero-order chi connectivity index (χ0) is 19.1. The van der Waals surface area contributed by atoms with Gasteiger partial charge >= 0.3 is 0 Å². The number of guanidine groups is 1. The average molecular weight is 379 g/mol. The zero-order valence-electron chi connectivity index (χ0n) is 16.2. The summed E-state index contributed by atoms with van der Waals surface area (Å²) in [5, 5.41) is 6.70. The minimum absolute atomic E-state index is 0.0781. The molecule has 2 heterocycles. The lowest BCUT2D eigenvalue weighted by molar-refractivity contribution is 0.336. The quantitative estimate of drug-likeness (QED) is 0.434. The predicted octanol–water partition coefficient (Wildman–Crippen LogP) is 2.58. The number of anilines is 1. The summed E-state index contributed by atoms with van der Waals surface area (Å²) >= 11 is 0. The Morgan fingerprint density at radius 1 is 1.19 bits per heavy atom. The van der Waals surface area contributed by atoms with Crippen molar-refractivity contribution in [3.8, 4) is 0 Å². The van der Waals surface area contributed by atoms with E-state index in [0.717, 1.165) is 38.4 Å². The van der Waals surface area contributed by atoms with Gasteiger partial charge in [0.05, 0.1) is 0 Å². The minimum Gasteiger partial charge on any atom is -0.365 e. The van der Waals surface area contributed by atoms with Gasteiger partial charge in [0.15, 0.2) is 5.96 Å². The van der Waals surface area contributed by atoms with Crippen molar-refractivity contribution >= 4 is 11.6 Å². The summed E-state index contributed by atoms with van der Waals surface area (Å²) < 4.78 is 28.0. The van der Waals surface area contributed by atoms with Crippen molar-refractivity contribution in [3.05, 3.63) is 29.8 Å². The smallest absolute Gasteiger partial charge is 0.191 e. The molecule has 1 aromatic carbocycles. The van der Waals surface area contributed by atoms with Crippen LogP contribution in [0.15, 0.2) is 23.2 Å². The van der Waals surface area contributed by atoms with Crippen molar-refractivity contribution in [2.75, 3.05) is 50.7 Å². The maximum absolute atomic E-state index is 14.0. The second-order valence-corrected chi connectivity index (χ2v) is 7.31. The first-order valence-electron chi connectivity index (χ1n) is 10.1. The molecule has 1 aromatic rings. The molecule has 7 heteroatoms. The summed E-state index contributed by atoms with van der Waals surface area (Å²) in [4.78, 5) is 8.94. The van der Waals surface area contributed by atoms with E-state index in [2.05, 4.69) is 20.5 Å². The third-order valence-corrected chi connectivity index (χ3v) is 5.23. The van der Waals surface area contributed by atoms with Gasteiger partial charge in [-0.05, 0) is 64.4 Å². The summed E-state index contributed by atoms with van der Waals surface area (Å²) in [7, 11) is 0. The number of nitrogens with zero attached hydrogens (tertiary/aromatic N) is 3. The second-order valence-electron chi connectivity index (χ2n) is 7.31. The normalized spacial score (nSPS) is 21.1. The van der Waals surface area contributed by atoms with Crippen LogP contribution >= 0.6 is 0 Å². The third kappa shape index (κ3) is 5.54. The van der Waals surface area contributed by atoms with E-state index in [1.807, 2.05) is 6.92 Å².